The van der Waals surface area contributed by atoms with Crippen LogP contribution in [0.4, 0.5) is 8.78 Å². The van der Waals surface area contributed by atoms with Gasteiger partial charge >= 0.3 is 5.97 Å². The number of carbonyl (C=O) groups is 1. The lowest BCUT2D eigenvalue weighted by molar-refractivity contribution is -0.0566. The van der Waals surface area contributed by atoms with Crippen LogP contribution in [0, 0.1) is 0 Å². The summed E-state index contributed by atoms with van der Waals surface area (Å²) >= 11 is 0. The van der Waals surface area contributed by atoms with E-state index in [9.17, 15) is 13.6 Å². The minimum atomic E-state index is -2.57. The van der Waals surface area contributed by atoms with Gasteiger partial charge in [-0.15, -0.1) is 0 Å². The summed E-state index contributed by atoms with van der Waals surface area (Å²) in [5.41, 5.74) is 0.876. The summed E-state index contributed by atoms with van der Waals surface area (Å²) in [6, 6.07) is 4.89. The summed E-state index contributed by atoms with van der Waals surface area (Å²) in [6.07, 6.45) is -0.288. The minimum absolute atomic E-state index is 0.0901. The van der Waals surface area contributed by atoms with Crippen LogP contribution in [-0.4, -0.2) is 42.1 Å². The SMILES string of the molecule is COc1ccc(CN2CCC(F)(F)CC2)cc1C(=O)O. The van der Waals surface area contributed by atoms with Crippen molar-refractivity contribution in [2.75, 3.05) is 20.2 Å². The van der Waals surface area contributed by atoms with Crippen LogP contribution in [0.25, 0.3) is 0 Å². The highest BCUT2D eigenvalue weighted by Crippen LogP contribution is 2.29. The number of nitrogens with zero attached hydrogens (tertiary/aromatic N) is 1. The van der Waals surface area contributed by atoms with Crippen molar-refractivity contribution in [3.05, 3.63) is 29.3 Å². The monoisotopic (exact) mass is 285 g/mol. The molecule has 1 aliphatic heterocycles. The van der Waals surface area contributed by atoms with Crippen LogP contribution < -0.4 is 4.74 Å². The van der Waals surface area contributed by atoms with Gasteiger partial charge in [0.05, 0.1) is 7.11 Å². The summed E-state index contributed by atoms with van der Waals surface area (Å²) in [4.78, 5) is 13.0. The van der Waals surface area contributed by atoms with Gasteiger partial charge in [0.15, 0.2) is 0 Å². The molecule has 0 bridgehead atoms. The third-order valence-electron chi connectivity index (χ3n) is 3.49. The van der Waals surface area contributed by atoms with Crippen LogP contribution in [0.1, 0.15) is 28.8 Å². The molecule has 1 aromatic carbocycles. The molecule has 1 fully saturated rings. The number of likely N-dealkylation sites (tertiary alicyclic amines) is 1. The van der Waals surface area contributed by atoms with E-state index in [1.54, 1.807) is 12.1 Å². The summed E-state index contributed by atoms with van der Waals surface area (Å²) in [6.45, 7) is 1.11. The molecule has 0 atom stereocenters. The molecule has 6 heteroatoms. The summed E-state index contributed by atoms with van der Waals surface area (Å²) in [7, 11) is 1.41. The second kappa shape index (κ2) is 5.75. The highest BCUT2D eigenvalue weighted by Gasteiger charge is 2.33. The molecule has 0 unspecified atom stereocenters. The number of methoxy groups -OCH3 is 1. The number of piperidine rings is 1. The molecule has 2 rings (SSSR count). The van der Waals surface area contributed by atoms with Crippen LogP contribution in [0.2, 0.25) is 0 Å². The van der Waals surface area contributed by atoms with E-state index in [2.05, 4.69) is 0 Å². The van der Waals surface area contributed by atoms with Crippen molar-refractivity contribution in [1.29, 1.82) is 0 Å². The van der Waals surface area contributed by atoms with Crippen LogP contribution in [-0.2, 0) is 6.54 Å². The van der Waals surface area contributed by atoms with E-state index in [-0.39, 0.29) is 18.4 Å². The second-order valence-electron chi connectivity index (χ2n) is 4.97. The van der Waals surface area contributed by atoms with Gasteiger partial charge in [0.25, 0.3) is 5.92 Å². The molecule has 0 aliphatic carbocycles. The van der Waals surface area contributed by atoms with Gasteiger partial charge in [-0.3, -0.25) is 4.90 Å². The predicted octanol–water partition coefficient (Wildman–Crippen LogP) is 2.62. The number of rotatable bonds is 4. The molecule has 0 spiro atoms. The maximum atomic E-state index is 13.1. The maximum Gasteiger partial charge on any atom is 0.339 e. The largest absolute Gasteiger partial charge is 0.496 e. The Labute approximate surface area is 116 Å². The zero-order valence-electron chi connectivity index (χ0n) is 11.2. The van der Waals surface area contributed by atoms with Crippen LogP contribution in [0.3, 0.4) is 0 Å². The fourth-order valence-corrected chi connectivity index (χ4v) is 2.32. The Bertz CT molecular complexity index is 495. The molecule has 20 heavy (non-hydrogen) atoms. The molecule has 1 heterocycles. The van der Waals surface area contributed by atoms with E-state index in [0.717, 1.165) is 5.56 Å². The topological polar surface area (TPSA) is 49.8 Å². The number of carboxylic acid groups (broad SMARTS) is 1. The van der Waals surface area contributed by atoms with Gasteiger partial charge in [-0.25, -0.2) is 13.6 Å². The molecule has 0 amide bonds. The Hall–Kier alpha value is -1.69. The Kier molecular flexibility index (Phi) is 4.23. The van der Waals surface area contributed by atoms with Crippen LogP contribution >= 0.6 is 0 Å². The number of alkyl halides is 2. The molecule has 1 aliphatic rings. The van der Waals surface area contributed by atoms with Gasteiger partial charge in [0.1, 0.15) is 11.3 Å². The zero-order valence-corrected chi connectivity index (χ0v) is 11.2. The van der Waals surface area contributed by atoms with E-state index in [0.29, 0.717) is 25.4 Å². The van der Waals surface area contributed by atoms with Gasteiger partial charge in [-0.05, 0) is 17.7 Å². The van der Waals surface area contributed by atoms with Crippen LogP contribution in [0.5, 0.6) is 5.75 Å². The van der Waals surface area contributed by atoms with Gasteiger partial charge in [0, 0.05) is 32.5 Å². The lowest BCUT2D eigenvalue weighted by atomic mass is 10.0. The molecule has 1 saturated heterocycles. The Balaban J connectivity index is 2.07. The standard InChI is InChI=1S/C14H17F2NO3/c1-20-12-3-2-10(8-11(12)13(18)19)9-17-6-4-14(15,16)5-7-17/h2-3,8H,4-7,9H2,1H3,(H,18,19). The first kappa shape index (κ1) is 14.7. The highest BCUT2D eigenvalue weighted by atomic mass is 19.3. The molecular formula is C14H17F2NO3. The predicted molar refractivity (Wildman–Crippen MR) is 69.4 cm³/mol. The second-order valence-corrected chi connectivity index (χ2v) is 4.97. The molecule has 1 aromatic rings. The lowest BCUT2D eigenvalue weighted by Gasteiger charge is -2.31. The number of benzene rings is 1. The van der Waals surface area contributed by atoms with E-state index in [1.165, 1.54) is 13.2 Å². The molecule has 0 aromatic heterocycles. The van der Waals surface area contributed by atoms with Crippen molar-refractivity contribution in [1.82, 2.24) is 4.90 Å². The van der Waals surface area contributed by atoms with Crippen molar-refractivity contribution in [3.63, 3.8) is 0 Å². The molecule has 110 valence electrons. The fourth-order valence-electron chi connectivity index (χ4n) is 2.32. The number of carboxylic acids is 1. The first-order valence-electron chi connectivity index (χ1n) is 6.42. The molecule has 0 saturated carbocycles. The quantitative estimate of drug-likeness (QED) is 0.924. The minimum Gasteiger partial charge on any atom is -0.496 e. The molecule has 0 radical (unpaired) electrons. The third kappa shape index (κ3) is 3.45. The third-order valence-corrected chi connectivity index (χ3v) is 3.49. The highest BCUT2D eigenvalue weighted by molar-refractivity contribution is 5.91. The van der Waals surface area contributed by atoms with Gasteiger partial charge < -0.3 is 9.84 Å². The van der Waals surface area contributed by atoms with E-state index in [4.69, 9.17) is 9.84 Å². The van der Waals surface area contributed by atoms with E-state index >= 15 is 0 Å². The lowest BCUT2D eigenvalue weighted by Crippen LogP contribution is -2.38. The van der Waals surface area contributed by atoms with Crippen molar-refractivity contribution >= 4 is 5.97 Å². The van der Waals surface area contributed by atoms with E-state index < -0.39 is 11.9 Å². The summed E-state index contributed by atoms with van der Waals surface area (Å²) in [5, 5.41) is 9.10. The molecule has 1 N–H and O–H groups in total. The zero-order chi connectivity index (χ0) is 14.8. The first-order valence-corrected chi connectivity index (χ1v) is 6.42. The number of hydrogen-bond donors (Lipinski definition) is 1. The van der Waals surface area contributed by atoms with Crippen molar-refractivity contribution in [2.24, 2.45) is 0 Å². The smallest absolute Gasteiger partial charge is 0.339 e. The molecule has 4 nitrogen and oxygen atoms in total. The fraction of sp³-hybridized carbons (Fsp3) is 0.500. The van der Waals surface area contributed by atoms with Crippen LogP contribution in [0.15, 0.2) is 18.2 Å². The average Bonchev–Trinajstić information content (AvgIpc) is 2.41. The van der Waals surface area contributed by atoms with Gasteiger partial charge in [-0.1, -0.05) is 6.07 Å². The molecular weight excluding hydrogens is 268 g/mol. The van der Waals surface area contributed by atoms with Gasteiger partial charge in [-0.2, -0.15) is 0 Å². The number of halogens is 2. The average molecular weight is 285 g/mol. The summed E-state index contributed by atoms with van der Waals surface area (Å²) < 4.78 is 31.1. The Morgan fingerprint density at radius 2 is 2.05 bits per heavy atom. The number of ether oxygens (including phenoxy) is 1. The normalized spacial score (nSPS) is 18.8. The van der Waals surface area contributed by atoms with Gasteiger partial charge in [0.2, 0.25) is 0 Å². The van der Waals surface area contributed by atoms with Crippen molar-refractivity contribution < 1.29 is 23.4 Å². The summed E-state index contributed by atoms with van der Waals surface area (Å²) in [5.74, 6) is -3.33. The number of aromatic carboxylic acids is 1. The van der Waals surface area contributed by atoms with E-state index in [1.807, 2.05) is 4.90 Å². The first-order chi connectivity index (χ1) is 9.41. The maximum absolute atomic E-state index is 13.1. The van der Waals surface area contributed by atoms with Crippen molar-refractivity contribution in [3.8, 4) is 5.75 Å². The Morgan fingerprint density at radius 3 is 2.60 bits per heavy atom. The number of hydrogen-bond acceptors (Lipinski definition) is 3. The Morgan fingerprint density at radius 1 is 1.40 bits per heavy atom. The van der Waals surface area contributed by atoms with Crippen molar-refractivity contribution in [2.45, 2.75) is 25.3 Å².